The molecule has 1 aromatic heterocycles. The van der Waals surface area contributed by atoms with E-state index < -0.39 is 66.8 Å². The summed E-state index contributed by atoms with van der Waals surface area (Å²) in [5.74, 6) is -2.17. The molecule has 1 aromatic carbocycles. The first-order valence-corrected chi connectivity index (χ1v) is 13.5. The lowest BCUT2D eigenvalue weighted by atomic mass is 9.92. The number of hydrogen-bond acceptors (Lipinski definition) is 10. The molecule has 1 unspecified atom stereocenters. The fourth-order valence-electron chi connectivity index (χ4n) is 4.67. The molecule has 0 bridgehead atoms. The smallest absolute Gasteiger partial charge is 0.400 e. The van der Waals surface area contributed by atoms with Crippen molar-refractivity contribution in [1.29, 1.82) is 0 Å². The molecule has 15 nitrogen and oxygen atoms in total. The van der Waals surface area contributed by atoms with E-state index in [1.54, 1.807) is 0 Å². The van der Waals surface area contributed by atoms with Gasteiger partial charge in [0.15, 0.2) is 16.2 Å². The summed E-state index contributed by atoms with van der Waals surface area (Å²) in [6, 6.07) is 6.89. The topological polar surface area (TPSA) is 199 Å². The van der Waals surface area contributed by atoms with E-state index in [0.717, 1.165) is 53.0 Å². The number of nitrogens with one attached hydrogen (secondary N) is 1. The molecule has 16 heteroatoms. The summed E-state index contributed by atoms with van der Waals surface area (Å²) in [7, 11) is -4.59. The van der Waals surface area contributed by atoms with Gasteiger partial charge in [0.1, 0.15) is 4.92 Å². The molecule has 0 radical (unpaired) electrons. The van der Waals surface area contributed by atoms with Gasteiger partial charge in [0.05, 0.1) is 23.7 Å². The quantitative estimate of drug-likeness (QED) is 0.284. The summed E-state index contributed by atoms with van der Waals surface area (Å²) < 4.78 is 32.8. The highest BCUT2D eigenvalue weighted by molar-refractivity contribution is 7.89. The average molecular weight is 563 g/mol. The maximum atomic E-state index is 13.6. The zero-order valence-corrected chi connectivity index (χ0v) is 21.7. The molecule has 2 aliphatic rings. The van der Waals surface area contributed by atoms with Crippen molar-refractivity contribution >= 4 is 39.6 Å². The first-order chi connectivity index (χ1) is 18.4. The van der Waals surface area contributed by atoms with E-state index in [-0.39, 0.29) is 11.8 Å². The van der Waals surface area contributed by atoms with Gasteiger partial charge in [-0.3, -0.25) is 29.8 Å². The van der Waals surface area contributed by atoms with E-state index in [2.05, 4.69) is 10.4 Å². The Balaban J connectivity index is 1.70. The Morgan fingerprint density at radius 3 is 2.46 bits per heavy atom. The summed E-state index contributed by atoms with van der Waals surface area (Å²) >= 11 is 0. The summed E-state index contributed by atoms with van der Waals surface area (Å²) in [5, 5.41) is 30.2. The first-order valence-electron chi connectivity index (χ1n) is 12.1. The van der Waals surface area contributed by atoms with Crippen LogP contribution < -0.4 is 5.32 Å². The Morgan fingerprint density at radius 2 is 1.82 bits per heavy atom. The molecular formula is C23H26N6O9S. The number of nitro groups is 2. The van der Waals surface area contributed by atoms with Crippen LogP contribution in [0, 0.1) is 20.2 Å². The van der Waals surface area contributed by atoms with Crippen LogP contribution in [0.2, 0.25) is 0 Å². The van der Waals surface area contributed by atoms with Crippen LogP contribution >= 0.6 is 0 Å². The van der Waals surface area contributed by atoms with Crippen molar-refractivity contribution in [1.82, 2.24) is 14.6 Å². The first kappa shape index (κ1) is 27.8. The molecule has 2 heterocycles. The third kappa shape index (κ3) is 5.65. The van der Waals surface area contributed by atoms with Crippen LogP contribution in [0.15, 0.2) is 50.8 Å². The highest BCUT2D eigenvalue weighted by Gasteiger charge is 2.52. The van der Waals surface area contributed by atoms with E-state index in [4.69, 9.17) is 4.42 Å². The molecule has 2 amide bonds. The molecule has 2 fully saturated rings. The minimum atomic E-state index is -4.59. The van der Waals surface area contributed by atoms with Gasteiger partial charge in [0.25, 0.3) is 11.6 Å². The van der Waals surface area contributed by atoms with E-state index in [9.17, 15) is 38.2 Å². The van der Waals surface area contributed by atoms with Gasteiger partial charge in [-0.2, -0.15) is 9.41 Å². The monoisotopic (exact) mass is 562 g/mol. The number of piperazine rings is 1. The van der Waals surface area contributed by atoms with Crippen LogP contribution in [-0.4, -0.2) is 70.3 Å². The molecule has 1 saturated heterocycles. The highest BCUT2D eigenvalue weighted by Crippen LogP contribution is 2.32. The molecule has 2 aromatic rings. The van der Waals surface area contributed by atoms with Crippen LogP contribution in [0.25, 0.3) is 0 Å². The lowest BCUT2D eigenvalue weighted by Crippen LogP contribution is -2.68. The zero-order chi connectivity index (χ0) is 28.4. The molecule has 0 spiro atoms. The van der Waals surface area contributed by atoms with E-state index in [1.807, 2.05) is 0 Å². The number of hydrogen-bond donors (Lipinski definition) is 1. The number of nitro benzene ring substituents is 1. The predicted molar refractivity (Wildman–Crippen MR) is 135 cm³/mol. The fraction of sp³-hybridized carbons (Fsp3) is 0.435. The molecule has 208 valence electrons. The number of hydrazone groups is 1. The van der Waals surface area contributed by atoms with Gasteiger partial charge >= 0.3 is 5.88 Å². The van der Waals surface area contributed by atoms with Gasteiger partial charge in [0.2, 0.25) is 15.9 Å². The standard InChI is InChI=1S/C23H26N6O9S/c1-23(22(31)25-16-7-3-2-4-8-16)15-26(39(36,37)19-10-6-5-9-18(19)28(32)33)14-20(30)27(23)24-13-17-11-12-21(38-17)29(34)35/h5-6,9-13,16H,2-4,7-8,14-15H2,1H3,(H,25,31)/b24-13+. The Labute approximate surface area is 222 Å². The van der Waals surface area contributed by atoms with Crippen LogP contribution in [0.3, 0.4) is 0 Å². The molecule has 4 rings (SSSR count). The van der Waals surface area contributed by atoms with Crippen molar-refractivity contribution in [2.24, 2.45) is 5.10 Å². The Kier molecular flexibility index (Phi) is 7.78. The van der Waals surface area contributed by atoms with Crippen molar-refractivity contribution in [2.75, 3.05) is 13.1 Å². The summed E-state index contributed by atoms with van der Waals surface area (Å²) in [5.41, 5.74) is -2.53. The number of para-hydroxylation sites is 1. The molecular weight excluding hydrogens is 536 g/mol. The van der Waals surface area contributed by atoms with Crippen LogP contribution in [0.1, 0.15) is 44.8 Å². The van der Waals surface area contributed by atoms with Crippen molar-refractivity contribution in [3.8, 4) is 0 Å². The third-order valence-corrected chi connectivity index (χ3v) is 8.54. The zero-order valence-electron chi connectivity index (χ0n) is 20.9. The van der Waals surface area contributed by atoms with Gasteiger partial charge in [-0.15, -0.1) is 0 Å². The second kappa shape index (κ2) is 10.9. The molecule has 1 atom stereocenters. The SMILES string of the molecule is CC1(C(=O)NC2CCCCC2)CN(S(=O)(=O)c2ccccc2[N+](=O)[O-])CC(=O)N1/N=C/c1ccc([N+](=O)[O-])o1. The second-order valence-electron chi connectivity index (χ2n) is 9.46. The average Bonchev–Trinajstić information content (AvgIpc) is 3.38. The number of rotatable bonds is 8. The Hall–Kier alpha value is -4.18. The summed E-state index contributed by atoms with van der Waals surface area (Å²) in [6.07, 6.45) is 5.27. The molecule has 1 N–H and O–H groups in total. The fourth-order valence-corrected chi connectivity index (χ4v) is 6.30. The van der Waals surface area contributed by atoms with Crippen molar-refractivity contribution in [3.63, 3.8) is 0 Å². The van der Waals surface area contributed by atoms with Crippen molar-refractivity contribution in [2.45, 2.75) is 55.5 Å². The normalized spacial score (nSPS) is 21.3. The molecule has 1 aliphatic carbocycles. The Bertz CT molecular complexity index is 1430. The number of amides is 2. The van der Waals surface area contributed by atoms with Crippen LogP contribution in [0.4, 0.5) is 11.6 Å². The Morgan fingerprint density at radius 1 is 1.13 bits per heavy atom. The minimum Gasteiger partial charge on any atom is -0.400 e. The van der Waals surface area contributed by atoms with E-state index >= 15 is 0 Å². The van der Waals surface area contributed by atoms with Crippen LogP contribution in [0.5, 0.6) is 0 Å². The van der Waals surface area contributed by atoms with Gasteiger partial charge < -0.3 is 9.73 Å². The highest BCUT2D eigenvalue weighted by atomic mass is 32.2. The van der Waals surface area contributed by atoms with Crippen LogP contribution in [-0.2, 0) is 19.6 Å². The molecule has 1 saturated carbocycles. The van der Waals surface area contributed by atoms with Gasteiger partial charge in [-0.05, 0) is 31.9 Å². The maximum Gasteiger partial charge on any atom is 0.433 e. The third-order valence-electron chi connectivity index (χ3n) is 6.70. The minimum absolute atomic E-state index is 0.0699. The summed E-state index contributed by atoms with van der Waals surface area (Å²) in [6.45, 7) is 0.0315. The van der Waals surface area contributed by atoms with Gasteiger partial charge in [-0.25, -0.2) is 13.4 Å². The maximum absolute atomic E-state index is 13.6. The lowest BCUT2D eigenvalue weighted by molar-refractivity contribution is -0.402. The molecule has 39 heavy (non-hydrogen) atoms. The van der Waals surface area contributed by atoms with E-state index in [0.29, 0.717) is 12.8 Å². The van der Waals surface area contributed by atoms with Gasteiger partial charge in [0, 0.05) is 18.7 Å². The largest absolute Gasteiger partial charge is 0.433 e. The lowest BCUT2D eigenvalue weighted by Gasteiger charge is -2.44. The number of sulfonamides is 1. The van der Waals surface area contributed by atoms with Crippen molar-refractivity contribution in [3.05, 3.63) is 62.4 Å². The number of carbonyl (C=O) groups is 2. The second-order valence-corrected chi connectivity index (χ2v) is 11.4. The summed E-state index contributed by atoms with van der Waals surface area (Å²) in [4.78, 5) is 47.1. The van der Waals surface area contributed by atoms with Gasteiger partial charge in [-0.1, -0.05) is 31.4 Å². The number of furan rings is 1. The number of benzene rings is 1. The molecule has 1 aliphatic heterocycles. The predicted octanol–water partition coefficient (Wildman–Crippen LogP) is 2.17. The number of carbonyl (C=O) groups excluding carboxylic acids is 2. The number of nitrogens with zero attached hydrogens (tertiary/aromatic N) is 5. The van der Waals surface area contributed by atoms with Crippen molar-refractivity contribution < 1.29 is 32.3 Å². The van der Waals surface area contributed by atoms with E-state index in [1.165, 1.54) is 25.1 Å².